The Morgan fingerprint density at radius 3 is 3.00 bits per heavy atom. The van der Waals surface area contributed by atoms with Gasteiger partial charge in [0.05, 0.1) is 6.26 Å². The summed E-state index contributed by atoms with van der Waals surface area (Å²) in [6.45, 7) is 0.550. The van der Waals surface area contributed by atoms with E-state index in [4.69, 9.17) is 9.52 Å². The highest BCUT2D eigenvalue weighted by atomic mass is 16.4. The minimum Gasteiger partial charge on any atom is -0.480 e. The molecule has 1 aromatic heterocycles. The normalized spacial score (nSPS) is 19.5. The lowest BCUT2D eigenvalue weighted by atomic mass is 10.2. The third-order valence-corrected chi connectivity index (χ3v) is 3.02. The van der Waals surface area contributed by atoms with E-state index in [0.29, 0.717) is 25.8 Å². The van der Waals surface area contributed by atoms with E-state index in [0.717, 1.165) is 12.2 Å². The molecule has 0 bridgehead atoms. The molecule has 1 saturated heterocycles. The van der Waals surface area contributed by atoms with Gasteiger partial charge in [-0.3, -0.25) is 4.79 Å². The van der Waals surface area contributed by atoms with Crippen LogP contribution < -0.4 is 0 Å². The van der Waals surface area contributed by atoms with Crippen LogP contribution in [0.4, 0.5) is 0 Å². The standard InChI is InChI=1S/C12H15NO4/c14-11(6-5-9-3-2-8-17-9)13-7-1-4-10(13)12(15)16/h2-3,8,10H,1,4-7H2,(H,15,16)/t10-/m0/s1. The molecule has 1 aliphatic heterocycles. The summed E-state index contributed by atoms with van der Waals surface area (Å²) in [5.41, 5.74) is 0. The van der Waals surface area contributed by atoms with Crippen LogP contribution in [0.3, 0.4) is 0 Å². The zero-order valence-corrected chi connectivity index (χ0v) is 9.46. The fourth-order valence-electron chi connectivity index (χ4n) is 2.15. The minimum absolute atomic E-state index is 0.105. The van der Waals surface area contributed by atoms with Crippen LogP contribution in [0.5, 0.6) is 0 Å². The summed E-state index contributed by atoms with van der Waals surface area (Å²) < 4.78 is 5.13. The number of amides is 1. The minimum atomic E-state index is -0.908. The molecule has 0 saturated carbocycles. The van der Waals surface area contributed by atoms with Gasteiger partial charge in [-0.15, -0.1) is 0 Å². The number of hydrogen-bond donors (Lipinski definition) is 1. The fraction of sp³-hybridized carbons (Fsp3) is 0.500. The Bertz CT molecular complexity index is 399. The molecule has 0 aliphatic carbocycles. The van der Waals surface area contributed by atoms with Crippen molar-refractivity contribution in [1.82, 2.24) is 4.90 Å². The van der Waals surface area contributed by atoms with Gasteiger partial charge in [0, 0.05) is 19.4 Å². The smallest absolute Gasteiger partial charge is 0.326 e. The maximum atomic E-state index is 11.9. The Morgan fingerprint density at radius 1 is 1.53 bits per heavy atom. The number of aryl methyl sites for hydroxylation is 1. The monoisotopic (exact) mass is 237 g/mol. The van der Waals surface area contributed by atoms with E-state index in [9.17, 15) is 9.59 Å². The number of furan rings is 1. The van der Waals surface area contributed by atoms with Crippen molar-refractivity contribution in [2.24, 2.45) is 0 Å². The van der Waals surface area contributed by atoms with Crippen LogP contribution in [0, 0.1) is 0 Å². The molecule has 17 heavy (non-hydrogen) atoms. The first-order valence-corrected chi connectivity index (χ1v) is 5.73. The lowest BCUT2D eigenvalue weighted by Crippen LogP contribution is -2.40. The predicted molar refractivity (Wildman–Crippen MR) is 59.4 cm³/mol. The zero-order chi connectivity index (χ0) is 12.3. The van der Waals surface area contributed by atoms with Crippen LogP contribution in [0.2, 0.25) is 0 Å². The number of carbonyl (C=O) groups excluding carboxylic acids is 1. The van der Waals surface area contributed by atoms with Crippen molar-refractivity contribution >= 4 is 11.9 Å². The molecule has 92 valence electrons. The van der Waals surface area contributed by atoms with Crippen molar-refractivity contribution in [2.75, 3.05) is 6.54 Å². The summed E-state index contributed by atoms with van der Waals surface area (Å²) in [6.07, 6.45) is 3.72. The van der Waals surface area contributed by atoms with Gasteiger partial charge in [-0.05, 0) is 25.0 Å². The van der Waals surface area contributed by atoms with E-state index < -0.39 is 12.0 Å². The van der Waals surface area contributed by atoms with Crippen molar-refractivity contribution in [3.05, 3.63) is 24.2 Å². The Hall–Kier alpha value is -1.78. The van der Waals surface area contributed by atoms with Gasteiger partial charge in [-0.25, -0.2) is 4.79 Å². The van der Waals surface area contributed by atoms with Crippen LogP contribution in [0.15, 0.2) is 22.8 Å². The third-order valence-electron chi connectivity index (χ3n) is 3.02. The lowest BCUT2D eigenvalue weighted by Gasteiger charge is -2.21. The summed E-state index contributed by atoms with van der Waals surface area (Å²) >= 11 is 0. The van der Waals surface area contributed by atoms with Crippen LogP contribution in [-0.2, 0) is 16.0 Å². The Balaban J connectivity index is 1.89. The third kappa shape index (κ3) is 2.67. The van der Waals surface area contributed by atoms with E-state index >= 15 is 0 Å². The molecule has 1 atom stereocenters. The second kappa shape index (κ2) is 5.03. The molecule has 0 radical (unpaired) electrons. The van der Waals surface area contributed by atoms with Gasteiger partial charge in [-0.2, -0.15) is 0 Å². The van der Waals surface area contributed by atoms with E-state index in [-0.39, 0.29) is 5.91 Å². The Kier molecular flexibility index (Phi) is 3.46. The second-order valence-electron chi connectivity index (χ2n) is 4.16. The van der Waals surface area contributed by atoms with Crippen LogP contribution >= 0.6 is 0 Å². The van der Waals surface area contributed by atoms with Gasteiger partial charge in [0.1, 0.15) is 11.8 Å². The molecular weight excluding hydrogens is 222 g/mol. The van der Waals surface area contributed by atoms with Gasteiger partial charge in [0.25, 0.3) is 0 Å². The first-order chi connectivity index (χ1) is 8.18. The van der Waals surface area contributed by atoms with Crippen LogP contribution in [0.25, 0.3) is 0 Å². The highest BCUT2D eigenvalue weighted by molar-refractivity contribution is 5.84. The molecule has 5 heteroatoms. The average molecular weight is 237 g/mol. The van der Waals surface area contributed by atoms with Crippen LogP contribution in [0.1, 0.15) is 25.0 Å². The molecule has 0 aromatic carbocycles. The first-order valence-electron chi connectivity index (χ1n) is 5.73. The molecule has 1 fully saturated rings. The molecule has 1 amide bonds. The fourth-order valence-corrected chi connectivity index (χ4v) is 2.15. The molecular formula is C12H15NO4. The van der Waals surface area contributed by atoms with Crippen molar-refractivity contribution in [2.45, 2.75) is 31.7 Å². The quantitative estimate of drug-likeness (QED) is 0.856. The number of carbonyl (C=O) groups is 2. The van der Waals surface area contributed by atoms with Gasteiger partial charge in [0.2, 0.25) is 5.91 Å². The van der Waals surface area contributed by atoms with Gasteiger partial charge >= 0.3 is 5.97 Å². The average Bonchev–Trinajstić information content (AvgIpc) is 2.96. The van der Waals surface area contributed by atoms with Crippen molar-refractivity contribution in [3.63, 3.8) is 0 Å². The number of nitrogens with zero attached hydrogens (tertiary/aromatic N) is 1. The summed E-state index contributed by atoms with van der Waals surface area (Å²) in [6, 6.07) is 2.95. The lowest BCUT2D eigenvalue weighted by molar-refractivity contribution is -0.148. The number of rotatable bonds is 4. The van der Waals surface area contributed by atoms with Gasteiger partial charge in [-0.1, -0.05) is 0 Å². The number of likely N-dealkylation sites (tertiary alicyclic amines) is 1. The first kappa shape index (κ1) is 11.7. The molecule has 1 aliphatic rings. The SMILES string of the molecule is O=C(O)[C@@H]1CCCN1C(=O)CCc1ccco1. The van der Waals surface area contributed by atoms with E-state index in [1.54, 1.807) is 12.3 Å². The van der Waals surface area contributed by atoms with Gasteiger partial charge < -0.3 is 14.4 Å². The predicted octanol–water partition coefficient (Wildman–Crippen LogP) is 1.29. The number of hydrogen-bond acceptors (Lipinski definition) is 3. The van der Waals surface area contributed by atoms with E-state index in [1.165, 1.54) is 4.90 Å². The molecule has 1 N–H and O–H groups in total. The summed E-state index contributed by atoms with van der Waals surface area (Å²) in [5, 5.41) is 8.97. The Morgan fingerprint density at radius 2 is 2.35 bits per heavy atom. The number of aliphatic carboxylic acids is 1. The van der Waals surface area contributed by atoms with Crippen molar-refractivity contribution in [1.29, 1.82) is 0 Å². The van der Waals surface area contributed by atoms with Gasteiger partial charge in [0.15, 0.2) is 0 Å². The number of carboxylic acids is 1. The highest BCUT2D eigenvalue weighted by Crippen LogP contribution is 2.19. The highest BCUT2D eigenvalue weighted by Gasteiger charge is 2.33. The molecule has 1 aromatic rings. The molecule has 5 nitrogen and oxygen atoms in total. The summed E-state index contributed by atoms with van der Waals surface area (Å²) in [4.78, 5) is 24.3. The number of carboxylic acid groups (broad SMARTS) is 1. The summed E-state index contributed by atoms with van der Waals surface area (Å²) in [7, 11) is 0. The molecule has 0 unspecified atom stereocenters. The zero-order valence-electron chi connectivity index (χ0n) is 9.46. The maximum Gasteiger partial charge on any atom is 0.326 e. The Labute approximate surface area is 99.0 Å². The maximum absolute atomic E-state index is 11.9. The topological polar surface area (TPSA) is 70.8 Å². The molecule has 2 rings (SSSR count). The van der Waals surface area contributed by atoms with Crippen molar-refractivity contribution in [3.8, 4) is 0 Å². The van der Waals surface area contributed by atoms with Crippen molar-refractivity contribution < 1.29 is 19.1 Å². The second-order valence-corrected chi connectivity index (χ2v) is 4.16. The molecule has 0 spiro atoms. The summed E-state index contributed by atoms with van der Waals surface area (Å²) in [5.74, 6) is -0.260. The van der Waals surface area contributed by atoms with E-state index in [2.05, 4.69) is 0 Å². The van der Waals surface area contributed by atoms with Crippen LogP contribution in [-0.4, -0.2) is 34.5 Å². The molecule has 2 heterocycles. The largest absolute Gasteiger partial charge is 0.480 e. The van der Waals surface area contributed by atoms with E-state index in [1.807, 2.05) is 6.07 Å².